The van der Waals surface area contributed by atoms with Crippen LogP contribution in [0.2, 0.25) is 0 Å². The van der Waals surface area contributed by atoms with Crippen LogP contribution in [0.25, 0.3) is 10.9 Å². The fourth-order valence-corrected chi connectivity index (χ4v) is 3.03. The van der Waals surface area contributed by atoms with E-state index in [4.69, 9.17) is 9.98 Å². The van der Waals surface area contributed by atoms with Crippen molar-refractivity contribution in [2.24, 2.45) is 4.99 Å². The van der Waals surface area contributed by atoms with E-state index >= 15 is 0 Å². The lowest BCUT2D eigenvalue weighted by Crippen LogP contribution is -2.30. The highest BCUT2D eigenvalue weighted by molar-refractivity contribution is 6.12. The van der Waals surface area contributed by atoms with Gasteiger partial charge in [-0.15, -0.1) is 0 Å². The number of hydrogen-bond acceptors (Lipinski definition) is 3. The van der Waals surface area contributed by atoms with E-state index in [9.17, 15) is 0 Å². The van der Waals surface area contributed by atoms with Gasteiger partial charge in [0.15, 0.2) is 5.82 Å². The van der Waals surface area contributed by atoms with Gasteiger partial charge in [0.05, 0.1) is 11.1 Å². The molecule has 0 fully saturated rings. The Morgan fingerprint density at radius 3 is 2.64 bits per heavy atom. The first-order valence-electron chi connectivity index (χ1n) is 7.53. The lowest BCUT2D eigenvalue weighted by molar-refractivity contribution is 0.513. The molecular weight excluding hydrogens is 270 g/mol. The number of nitrogens with zero attached hydrogens (tertiary/aromatic N) is 3. The Morgan fingerprint density at radius 2 is 1.73 bits per heavy atom. The van der Waals surface area contributed by atoms with Crippen LogP contribution in [-0.2, 0) is 6.42 Å². The number of aliphatic imine (C=N–C) groups is 1. The molecule has 1 aromatic heterocycles. The lowest BCUT2D eigenvalue weighted by atomic mass is 9.86. The normalized spacial score (nSPS) is 16.2. The molecule has 0 aliphatic carbocycles. The van der Waals surface area contributed by atoms with Crippen LogP contribution < -0.4 is 0 Å². The van der Waals surface area contributed by atoms with Gasteiger partial charge in [0, 0.05) is 17.1 Å². The van der Waals surface area contributed by atoms with E-state index in [1.54, 1.807) is 0 Å². The highest BCUT2D eigenvalue weighted by Crippen LogP contribution is 2.28. The Bertz CT molecular complexity index is 894. The molecule has 0 unspecified atom stereocenters. The van der Waals surface area contributed by atoms with Crippen LogP contribution in [0.5, 0.6) is 0 Å². The van der Waals surface area contributed by atoms with E-state index in [1.165, 1.54) is 5.56 Å². The molecule has 1 aliphatic rings. The van der Waals surface area contributed by atoms with Crippen molar-refractivity contribution >= 4 is 16.6 Å². The average molecular weight is 287 g/mol. The molecule has 0 saturated heterocycles. The predicted molar refractivity (Wildman–Crippen MR) is 89.4 cm³/mol. The van der Waals surface area contributed by atoms with Gasteiger partial charge in [0.25, 0.3) is 0 Å². The second kappa shape index (κ2) is 4.73. The molecule has 3 nitrogen and oxygen atoms in total. The summed E-state index contributed by atoms with van der Waals surface area (Å²) in [5.41, 5.74) is 4.19. The number of para-hydroxylation sites is 1. The Balaban J connectivity index is 1.93. The molecule has 108 valence electrons. The van der Waals surface area contributed by atoms with Crippen molar-refractivity contribution in [3.63, 3.8) is 0 Å². The van der Waals surface area contributed by atoms with Gasteiger partial charge in [0.1, 0.15) is 5.71 Å². The summed E-state index contributed by atoms with van der Waals surface area (Å²) in [7, 11) is 0. The van der Waals surface area contributed by atoms with E-state index in [-0.39, 0.29) is 5.54 Å². The molecule has 2 aromatic carbocycles. The fraction of sp³-hybridized carbons (Fsp3) is 0.211. The van der Waals surface area contributed by atoms with E-state index in [0.717, 1.165) is 28.6 Å². The van der Waals surface area contributed by atoms with Gasteiger partial charge in [0.2, 0.25) is 0 Å². The summed E-state index contributed by atoms with van der Waals surface area (Å²) in [6.45, 7) is 4.31. The number of fused-ring (bicyclic) bond motifs is 2. The molecule has 0 saturated carbocycles. The largest absolute Gasteiger partial charge is 0.274 e. The quantitative estimate of drug-likeness (QED) is 0.682. The molecule has 2 heterocycles. The maximum atomic E-state index is 4.92. The third-order valence-electron chi connectivity index (χ3n) is 4.01. The van der Waals surface area contributed by atoms with Gasteiger partial charge in [-0.3, -0.25) is 4.99 Å². The maximum Gasteiger partial charge on any atom is 0.178 e. The van der Waals surface area contributed by atoms with Crippen molar-refractivity contribution in [2.45, 2.75) is 25.8 Å². The zero-order chi connectivity index (χ0) is 15.2. The van der Waals surface area contributed by atoms with Crippen molar-refractivity contribution in [1.29, 1.82) is 0 Å². The van der Waals surface area contributed by atoms with Gasteiger partial charge in [-0.1, -0.05) is 42.5 Å². The second-order valence-electron chi connectivity index (χ2n) is 6.36. The van der Waals surface area contributed by atoms with Gasteiger partial charge >= 0.3 is 0 Å². The zero-order valence-corrected chi connectivity index (χ0v) is 12.7. The minimum absolute atomic E-state index is 0.126. The molecule has 0 N–H and O–H groups in total. The first kappa shape index (κ1) is 13.1. The topological polar surface area (TPSA) is 38.1 Å². The van der Waals surface area contributed by atoms with E-state index < -0.39 is 0 Å². The molecule has 0 amide bonds. The van der Waals surface area contributed by atoms with Crippen molar-refractivity contribution in [2.75, 3.05) is 0 Å². The monoisotopic (exact) mass is 287 g/mol. The third kappa shape index (κ3) is 2.19. The SMILES string of the molecule is CC1(C)Cc2ccccc2C(c2ncc3ccccc3n2)=N1. The van der Waals surface area contributed by atoms with Gasteiger partial charge in [-0.25, -0.2) is 9.97 Å². The highest BCUT2D eigenvalue weighted by Gasteiger charge is 2.28. The molecular formula is C19H17N3. The lowest BCUT2D eigenvalue weighted by Gasteiger charge is -2.28. The van der Waals surface area contributed by atoms with Crippen molar-refractivity contribution < 1.29 is 0 Å². The van der Waals surface area contributed by atoms with Gasteiger partial charge < -0.3 is 0 Å². The molecule has 4 rings (SSSR count). The first-order valence-corrected chi connectivity index (χ1v) is 7.53. The minimum Gasteiger partial charge on any atom is -0.274 e. The van der Waals surface area contributed by atoms with Crippen LogP contribution in [0, 0.1) is 0 Å². The van der Waals surface area contributed by atoms with Gasteiger partial charge in [-0.2, -0.15) is 0 Å². The zero-order valence-electron chi connectivity index (χ0n) is 12.7. The summed E-state index contributed by atoms with van der Waals surface area (Å²) in [4.78, 5) is 14.2. The average Bonchev–Trinajstić information content (AvgIpc) is 2.53. The number of hydrogen-bond donors (Lipinski definition) is 0. The second-order valence-corrected chi connectivity index (χ2v) is 6.36. The number of aromatic nitrogens is 2. The van der Waals surface area contributed by atoms with Crippen molar-refractivity contribution in [3.8, 4) is 0 Å². The molecule has 0 atom stereocenters. The Hall–Kier alpha value is -2.55. The first-order chi connectivity index (χ1) is 10.6. The molecule has 0 radical (unpaired) electrons. The van der Waals surface area contributed by atoms with E-state index in [0.29, 0.717) is 5.82 Å². The summed E-state index contributed by atoms with van der Waals surface area (Å²) >= 11 is 0. The molecule has 22 heavy (non-hydrogen) atoms. The van der Waals surface area contributed by atoms with Crippen LogP contribution in [0.15, 0.2) is 59.7 Å². The molecule has 0 bridgehead atoms. The highest BCUT2D eigenvalue weighted by atomic mass is 15.0. The van der Waals surface area contributed by atoms with E-state index in [2.05, 4.69) is 37.0 Å². The molecule has 0 spiro atoms. The molecule has 1 aliphatic heterocycles. The Kier molecular flexibility index (Phi) is 2.83. The standard InChI is InChI=1S/C19H17N3/c1-19(2)11-13-7-3-5-9-15(13)17(22-19)18-20-12-14-8-4-6-10-16(14)21-18/h3-10,12H,11H2,1-2H3. The van der Waals surface area contributed by atoms with Crippen molar-refractivity contribution in [3.05, 3.63) is 71.7 Å². The molecule has 3 aromatic rings. The summed E-state index contributed by atoms with van der Waals surface area (Å²) < 4.78 is 0. The smallest absolute Gasteiger partial charge is 0.178 e. The molecule has 3 heteroatoms. The minimum atomic E-state index is -0.126. The number of benzene rings is 2. The van der Waals surface area contributed by atoms with Crippen LogP contribution in [0.1, 0.15) is 30.8 Å². The van der Waals surface area contributed by atoms with Crippen LogP contribution >= 0.6 is 0 Å². The Morgan fingerprint density at radius 1 is 0.955 bits per heavy atom. The summed E-state index contributed by atoms with van der Waals surface area (Å²) in [5, 5.41) is 1.05. The summed E-state index contributed by atoms with van der Waals surface area (Å²) in [5.74, 6) is 0.707. The predicted octanol–water partition coefficient (Wildman–Crippen LogP) is 3.80. The maximum absolute atomic E-state index is 4.92. The fourth-order valence-electron chi connectivity index (χ4n) is 3.03. The van der Waals surface area contributed by atoms with E-state index in [1.807, 2.05) is 36.5 Å². The van der Waals surface area contributed by atoms with Crippen LogP contribution in [0.3, 0.4) is 0 Å². The van der Waals surface area contributed by atoms with Crippen LogP contribution in [-0.4, -0.2) is 21.2 Å². The van der Waals surface area contributed by atoms with Crippen molar-refractivity contribution in [1.82, 2.24) is 9.97 Å². The summed E-state index contributed by atoms with van der Waals surface area (Å²) in [6.07, 6.45) is 2.82. The number of rotatable bonds is 1. The van der Waals surface area contributed by atoms with Crippen LogP contribution in [0.4, 0.5) is 0 Å². The third-order valence-corrected chi connectivity index (χ3v) is 4.01. The van der Waals surface area contributed by atoms with Gasteiger partial charge in [-0.05, 0) is 31.9 Å². The Labute approximate surface area is 129 Å². The summed E-state index contributed by atoms with van der Waals surface area (Å²) in [6, 6.07) is 16.5.